The third-order valence-corrected chi connectivity index (χ3v) is 3.86. The van der Waals surface area contributed by atoms with E-state index in [2.05, 4.69) is 10.4 Å². The van der Waals surface area contributed by atoms with Crippen LogP contribution in [-0.2, 0) is 14.3 Å². The molecule has 1 heterocycles. The fraction of sp³-hybridized carbons (Fsp3) is 0.500. The standard InChI is InChI=1S/C18H25N3O3/c1-24-14-6-5-12-19-17(22)9-10-18(23)21-13-11-16(20-21)15-7-3-2-4-8-15/h2-4,7-8H,5-6,9-14H2,1H3,(H,19,22). The van der Waals surface area contributed by atoms with Crippen LogP contribution in [0.3, 0.4) is 0 Å². The minimum Gasteiger partial charge on any atom is -0.385 e. The lowest BCUT2D eigenvalue weighted by Gasteiger charge is -2.11. The number of ether oxygens (including phenoxy) is 1. The lowest BCUT2D eigenvalue weighted by molar-refractivity contribution is -0.133. The van der Waals surface area contributed by atoms with Gasteiger partial charge in [0, 0.05) is 39.5 Å². The van der Waals surface area contributed by atoms with Gasteiger partial charge in [0.05, 0.1) is 12.3 Å². The molecule has 0 saturated carbocycles. The third-order valence-electron chi connectivity index (χ3n) is 3.86. The molecule has 0 aliphatic carbocycles. The average Bonchev–Trinajstić information content (AvgIpc) is 3.10. The van der Waals surface area contributed by atoms with Gasteiger partial charge in [-0.05, 0) is 18.4 Å². The third kappa shape index (κ3) is 5.77. The quantitative estimate of drug-likeness (QED) is 0.703. The largest absolute Gasteiger partial charge is 0.385 e. The molecule has 1 aromatic carbocycles. The average molecular weight is 331 g/mol. The van der Waals surface area contributed by atoms with E-state index in [1.165, 1.54) is 5.01 Å². The highest BCUT2D eigenvalue weighted by Crippen LogP contribution is 2.14. The first-order chi connectivity index (χ1) is 11.7. The molecule has 1 aromatic rings. The van der Waals surface area contributed by atoms with Crippen LogP contribution in [0.4, 0.5) is 0 Å². The molecule has 24 heavy (non-hydrogen) atoms. The zero-order valence-electron chi connectivity index (χ0n) is 14.2. The van der Waals surface area contributed by atoms with E-state index < -0.39 is 0 Å². The SMILES string of the molecule is COCCCCNC(=O)CCC(=O)N1CCC(c2ccccc2)=N1. The molecule has 2 amide bonds. The minimum absolute atomic E-state index is 0.0905. The highest BCUT2D eigenvalue weighted by Gasteiger charge is 2.21. The van der Waals surface area contributed by atoms with Crippen molar-refractivity contribution in [2.24, 2.45) is 5.10 Å². The first-order valence-corrected chi connectivity index (χ1v) is 8.39. The Morgan fingerprint density at radius 3 is 2.75 bits per heavy atom. The second-order valence-electron chi connectivity index (χ2n) is 5.73. The Labute approximate surface area is 142 Å². The van der Waals surface area contributed by atoms with Crippen LogP contribution < -0.4 is 5.32 Å². The van der Waals surface area contributed by atoms with Crippen LogP contribution in [0.15, 0.2) is 35.4 Å². The van der Waals surface area contributed by atoms with E-state index >= 15 is 0 Å². The summed E-state index contributed by atoms with van der Waals surface area (Å²) in [5.74, 6) is -0.192. The van der Waals surface area contributed by atoms with Gasteiger partial charge in [-0.2, -0.15) is 5.10 Å². The smallest absolute Gasteiger partial charge is 0.243 e. The molecule has 0 bridgehead atoms. The summed E-state index contributed by atoms with van der Waals surface area (Å²) >= 11 is 0. The van der Waals surface area contributed by atoms with Gasteiger partial charge < -0.3 is 10.1 Å². The number of hydrogen-bond donors (Lipinski definition) is 1. The van der Waals surface area contributed by atoms with Crippen molar-refractivity contribution in [1.29, 1.82) is 0 Å². The molecular weight excluding hydrogens is 306 g/mol. The molecule has 130 valence electrons. The maximum Gasteiger partial charge on any atom is 0.243 e. The normalized spacial score (nSPS) is 13.7. The highest BCUT2D eigenvalue weighted by atomic mass is 16.5. The van der Waals surface area contributed by atoms with Crippen molar-refractivity contribution >= 4 is 17.5 Å². The molecule has 0 spiro atoms. The van der Waals surface area contributed by atoms with E-state index in [1.807, 2.05) is 30.3 Å². The number of hydrogen-bond acceptors (Lipinski definition) is 4. The number of nitrogens with one attached hydrogen (secondary N) is 1. The van der Waals surface area contributed by atoms with E-state index in [1.54, 1.807) is 7.11 Å². The fourth-order valence-corrected chi connectivity index (χ4v) is 2.51. The van der Waals surface area contributed by atoms with Crippen LogP contribution in [0.5, 0.6) is 0 Å². The molecule has 1 N–H and O–H groups in total. The van der Waals surface area contributed by atoms with E-state index in [0.29, 0.717) is 19.7 Å². The Hall–Kier alpha value is -2.21. The van der Waals surface area contributed by atoms with Crippen molar-refractivity contribution in [2.45, 2.75) is 32.1 Å². The number of nitrogens with zero attached hydrogens (tertiary/aromatic N) is 2. The van der Waals surface area contributed by atoms with Crippen LogP contribution in [0.2, 0.25) is 0 Å². The van der Waals surface area contributed by atoms with Gasteiger partial charge in [0.1, 0.15) is 0 Å². The predicted octanol–water partition coefficient (Wildman–Crippen LogP) is 1.95. The molecule has 0 radical (unpaired) electrons. The maximum absolute atomic E-state index is 12.2. The summed E-state index contributed by atoms with van der Waals surface area (Å²) in [7, 11) is 1.66. The van der Waals surface area contributed by atoms with Gasteiger partial charge in [-0.1, -0.05) is 30.3 Å². The molecule has 1 aliphatic rings. The molecule has 2 rings (SSSR count). The summed E-state index contributed by atoms with van der Waals surface area (Å²) in [5, 5.41) is 8.69. The second kappa shape index (κ2) is 9.82. The number of rotatable bonds is 9. The maximum atomic E-state index is 12.2. The molecule has 0 saturated heterocycles. The van der Waals surface area contributed by atoms with Crippen LogP contribution in [0.1, 0.15) is 37.7 Å². The zero-order valence-corrected chi connectivity index (χ0v) is 14.2. The summed E-state index contributed by atoms with van der Waals surface area (Å²) in [6.45, 7) is 1.91. The number of carbonyl (C=O) groups is 2. The Balaban J connectivity index is 1.69. The van der Waals surface area contributed by atoms with Gasteiger partial charge >= 0.3 is 0 Å². The molecular formula is C18H25N3O3. The van der Waals surface area contributed by atoms with Crippen molar-refractivity contribution in [3.05, 3.63) is 35.9 Å². The van der Waals surface area contributed by atoms with E-state index in [9.17, 15) is 9.59 Å². The zero-order chi connectivity index (χ0) is 17.2. The molecule has 1 aliphatic heterocycles. The predicted molar refractivity (Wildman–Crippen MR) is 92.7 cm³/mol. The number of amides is 2. The van der Waals surface area contributed by atoms with Crippen molar-refractivity contribution in [1.82, 2.24) is 10.3 Å². The van der Waals surface area contributed by atoms with E-state index in [4.69, 9.17) is 4.74 Å². The Kier molecular flexibility index (Phi) is 7.42. The summed E-state index contributed by atoms with van der Waals surface area (Å²) < 4.78 is 4.95. The molecule has 6 heteroatoms. The summed E-state index contributed by atoms with van der Waals surface area (Å²) in [6.07, 6.45) is 2.94. The van der Waals surface area contributed by atoms with Crippen LogP contribution in [-0.4, -0.2) is 49.3 Å². The van der Waals surface area contributed by atoms with Crippen LogP contribution >= 0.6 is 0 Å². The van der Waals surface area contributed by atoms with Crippen molar-refractivity contribution in [3.8, 4) is 0 Å². The van der Waals surface area contributed by atoms with Crippen LogP contribution in [0, 0.1) is 0 Å². The Bertz CT molecular complexity index is 572. The summed E-state index contributed by atoms with van der Waals surface area (Å²) in [6, 6.07) is 9.85. The number of methoxy groups -OCH3 is 1. The molecule has 0 aromatic heterocycles. The first kappa shape index (κ1) is 18.1. The molecule has 0 fully saturated rings. The number of carbonyl (C=O) groups excluding carboxylic acids is 2. The molecule has 0 unspecified atom stereocenters. The van der Waals surface area contributed by atoms with E-state index in [0.717, 1.165) is 30.5 Å². The van der Waals surface area contributed by atoms with Crippen LogP contribution in [0.25, 0.3) is 0 Å². The lowest BCUT2D eigenvalue weighted by atomic mass is 10.1. The monoisotopic (exact) mass is 331 g/mol. The highest BCUT2D eigenvalue weighted by molar-refractivity contribution is 6.02. The van der Waals surface area contributed by atoms with Gasteiger partial charge in [-0.3, -0.25) is 9.59 Å². The topological polar surface area (TPSA) is 71.0 Å². The van der Waals surface area contributed by atoms with Gasteiger partial charge in [-0.15, -0.1) is 0 Å². The summed E-state index contributed by atoms with van der Waals surface area (Å²) in [5.41, 5.74) is 1.97. The van der Waals surface area contributed by atoms with Gasteiger partial charge in [0.25, 0.3) is 0 Å². The van der Waals surface area contributed by atoms with Crippen molar-refractivity contribution in [2.75, 3.05) is 26.8 Å². The second-order valence-corrected chi connectivity index (χ2v) is 5.73. The van der Waals surface area contributed by atoms with Crippen molar-refractivity contribution < 1.29 is 14.3 Å². The molecule has 6 nitrogen and oxygen atoms in total. The van der Waals surface area contributed by atoms with Gasteiger partial charge in [-0.25, -0.2) is 5.01 Å². The molecule has 0 atom stereocenters. The van der Waals surface area contributed by atoms with Gasteiger partial charge in [0.2, 0.25) is 11.8 Å². The lowest BCUT2D eigenvalue weighted by Crippen LogP contribution is -2.28. The number of unbranched alkanes of at least 4 members (excludes halogenated alkanes) is 1. The number of hydrazone groups is 1. The minimum atomic E-state index is -0.101. The van der Waals surface area contributed by atoms with Gasteiger partial charge in [0.15, 0.2) is 0 Å². The van der Waals surface area contributed by atoms with Crippen molar-refractivity contribution in [3.63, 3.8) is 0 Å². The first-order valence-electron chi connectivity index (χ1n) is 8.39. The summed E-state index contributed by atoms with van der Waals surface area (Å²) in [4.78, 5) is 23.9. The fourth-order valence-electron chi connectivity index (χ4n) is 2.51. The number of benzene rings is 1. The Morgan fingerprint density at radius 1 is 1.21 bits per heavy atom. The van der Waals surface area contributed by atoms with E-state index in [-0.39, 0.29) is 24.7 Å². The Morgan fingerprint density at radius 2 is 2.00 bits per heavy atom.